The molecule has 2 aromatic rings. The number of nitrogens with zero attached hydrogens (tertiary/aromatic N) is 5. The van der Waals surface area contributed by atoms with E-state index in [1.807, 2.05) is 18.0 Å². The maximum absolute atomic E-state index is 12.7. The van der Waals surface area contributed by atoms with Crippen LogP contribution in [0.2, 0.25) is 0 Å². The molecule has 3 aliphatic heterocycles. The Morgan fingerprint density at radius 3 is 2.57 bits per heavy atom. The van der Waals surface area contributed by atoms with Crippen molar-refractivity contribution < 1.29 is 9.53 Å². The number of ether oxygens (including phenoxy) is 1. The van der Waals surface area contributed by atoms with Crippen LogP contribution < -0.4 is 4.90 Å². The second kappa shape index (κ2) is 8.04. The third-order valence-electron chi connectivity index (χ3n) is 6.85. The van der Waals surface area contributed by atoms with Crippen molar-refractivity contribution in [3.8, 4) is 0 Å². The van der Waals surface area contributed by atoms with E-state index in [9.17, 15) is 4.79 Å². The summed E-state index contributed by atoms with van der Waals surface area (Å²) in [7, 11) is 0. The maximum Gasteiger partial charge on any atom is 0.344 e. The smallest absolute Gasteiger partial charge is 0.344 e. The molecule has 1 unspecified atom stereocenters. The first-order chi connectivity index (χ1) is 14.6. The molecule has 1 aromatic heterocycles. The first-order valence-corrected chi connectivity index (χ1v) is 11.0. The number of hydrogen-bond acceptors (Lipinski definition) is 5. The maximum atomic E-state index is 12.7. The predicted octanol–water partition coefficient (Wildman–Crippen LogP) is 2.59. The Hall–Kier alpha value is -2.38. The minimum atomic E-state index is 0.0112. The molecule has 0 radical (unpaired) electrons. The van der Waals surface area contributed by atoms with Crippen molar-refractivity contribution in [1.29, 1.82) is 0 Å². The fourth-order valence-electron chi connectivity index (χ4n) is 5.15. The van der Waals surface area contributed by atoms with Gasteiger partial charge in [0.2, 0.25) is 0 Å². The molecule has 3 saturated heterocycles. The number of amides is 1. The van der Waals surface area contributed by atoms with Crippen molar-refractivity contribution in [3.63, 3.8) is 0 Å². The zero-order valence-electron chi connectivity index (χ0n) is 17.8. The van der Waals surface area contributed by atoms with E-state index in [2.05, 4.69) is 39.2 Å². The second-order valence-electron chi connectivity index (χ2n) is 9.14. The van der Waals surface area contributed by atoms with Crippen molar-refractivity contribution in [2.75, 3.05) is 57.4 Å². The van der Waals surface area contributed by atoms with E-state index in [0.29, 0.717) is 0 Å². The molecule has 30 heavy (non-hydrogen) atoms. The van der Waals surface area contributed by atoms with Crippen LogP contribution in [0.1, 0.15) is 24.0 Å². The lowest BCUT2D eigenvalue weighted by Gasteiger charge is -2.29. The minimum absolute atomic E-state index is 0.0112. The lowest BCUT2D eigenvalue weighted by Crippen LogP contribution is -2.36. The molecule has 160 valence electrons. The number of aryl methyl sites for hydroxylation is 1. The number of aromatic nitrogens is 2. The Labute approximate surface area is 178 Å². The number of rotatable bonds is 3. The van der Waals surface area contributed by atoms with Gasteiger partial charge < -0.3 is 14.5 Å². The molecule has 0 aliphatic carbocycles. The highest BCUT2D eigenvalue weighted by Crippen LogP contribution is 2.40. The van der Waals surface area contributed by atoms with Gasteiger partial charge in [0.15, 0.2) is 0 Å². The van der Waals surface area contributed by atoms with Crippen LogP contribution in [0.3, 0.4) is 0 Å². The summed E-state index contributed by atoms with van der Waals surface area (Å²) in [6, 6.07) is 9.03. The highest BCUT2D eigenvalue weighted by molar-refractivity contribution is 5.76. The van der Waals surface area contributed by atoms with E-state index < -0.39 is 0 Å². The number of hydrogen-bond donors (Lipinski definition) is 0. The molecular formula is C23H31N5O2. The Morgan fingerprint density at radius 1 is 1.07 bits per heavy atom. The van der Waals surface area contributed by atoms with Crippen molar-refractivity contribution in [3.05, 3.63) is 47.8 Å². The summed E-state index contributed by atoms with van der Waals surface area (Å²) in [4.78, 5) is 19.7. The van der Waals surface area contributed by atoms with Crippen molar-refractivity contribution >= 4 is 11.7 Å². The van der Waals surface area contributed by atoms with Crippen LogP contribution in [0.15, 0.2) is 36.7 Å². The van der Waals surface area contributed by atoms with Gasteiger partial charge in [-0.25, -0.2) is 4.79 Å². The fourth-order valence-corrected chi connectivity index (χ4v) is 5.15. The highest BCUT2D eigenvalue weighted by Gasteiger charge is 2.44. The molecule has 1 spiro atoms. The van der Waals surface area contributed by atoms with Gasteiger partial charge in [-0.3, -0.25) is 4.90 Å². The molecule has 1 aromatic carbocycles. The van der Waals surface area contributed by atoms with Crippen LogP contribution in [0.25, 0.3) is 0 Å². The predicted molar refractivity (Wildman–Crippen MR) is 116 cm³/mol. The molecule has 0 bridgehead atoms. The summed E-state index contributed by atoms with van der Waals surface area (Å²) in [5, 5.41) is 4.19. The van der Waals surface area contributed by atoms with Gasteiger partial charge in [-0.15, -0.1) is 0 Å². The zero-order valence-corrected chi connectivity index (χ0v) is 17.8. The van der Waals surface area contributed by atoms with Gasteiger partial charge in [0.25, 0.3) is 0 Å². The highest BCUT2D eigenvalue weighted by atomic mass is 16.5. The van der Waals surface area contributed by atoms with E-state index in [1.165, 1.54) is 22.4 Å². The van der Waals surface area contributed by atoms with Gasteiger partial charge in [0, 0.05) is 56.6 Å². The number of benzene rings is 1. The molecule has 5 rings (SSSR count). The Balaban J connectivity index is 1.16. The third-order valence-corrected chi connectivity index (χ3v) is 6.85. The molecule has 1 atom stereocenters. The van der Waals surface area contributed by atoms with E-state index in [-0.39, 0.29) is 11.4 Å². The number of carbonyl (C=O) groups is 1. The standard InChI is InChI=1S/C23H31N5O2/c1-19-14-24-28(15-19)22(29)27-9-7-23(18-27)6-8-25(17-23)16-20-2-4-21(5-3-20)26-10-12-30-13-11-26/h2-5,14-15H,6-13,16-18H2,1H3. The molecule has 0 saturated carbocycles. The van der Waals surface area contributed by atoms with Crippen LogP contribution in [0.5, 0.6) is 0 Å². The third kappa shape index (κ3) is 3.96. The SMILES string of the molecule is Cc1cnn(C(=O)N2CCC3(CCN(Cc4ccc(N5CCOCC5)cc4)C3)C2)c1. The van der Waals surface area contributed by atoms with E-state index in [4.69, 9.17) is 4.74 Å². The van der Waals surface area contributed by atoms with Crippen LogP contribution in [-0.4, -0.2) is 78.1 Å². The van der Waals surface area contributed by atoms with Gasteiger partial charge in [0.05, 0.1) is 19.4 Å². The second-order valence-corrected chi connectivity index (χ2v) is 9.14. The molecule has 3 aliphatic rings. The first kappa shape index (κ1) is 19.6. The number of carbonyl (C=O) groups excluding carboxylic acids is 1. The number of likely N-dealkylation sites (tertiary alicyclic amines) is 2. The zero-order chi connectivity index (χ0) is 20.6. The fraction of sp³-hybridized carbons (Fsp3) is 0.565. The number of anilines is 1. The average Bonchev–Trinajstić information content (AvgIpc) is 3.50. The lowest BCUT2D eigenvalue weighted by atomic mass is 9.86. The topological polar surface area (TPSA) is 53.8 Å². The Kier molecular flexibility index (Phi) is 5.25. The quantitative estimate of drug-likeness (QED) is 0.780. The minimum Gasteiger partial charge on any atom is -0.378 e. The van der Waals surface area contributed by atoms with E-state index in [0.717, 1.165) is 71.0 Å². The molecular weight excluding hydrogens is 378 g/mol. The molecule has 7 nitrogen and oxygen atoms in total. The molecule has 4 heterocycles. The van der Waals surface area contributed by atoms with Crippen molar-refractivity contribution in [2.45, 2.75) is 26.3 Å². The lowest BCUT2D eigenvalue weighted by molar-refractivity contribution is 0.122. The summed E-state index contributed by atoms with van der Waals surface area (Å²) in [6.45, 7) is 10.4. The largest absolute Gasteiger partial charge is 0.378 e. The summed E-state index contributed by atoms with van der Waals surface area (Å²) < 4.78 is 6.93. The monoisotopic (exact) mass is 409 g/mol. The van der Waals surface area contributed by atoms with Crippen molar-refractivity contribution in [2.24, 2.45) is 5.41 Å². The Morgan fingerprint density at radius 2 is 1.83 bits per heavy atom. The van der Waals surface area contributed by atoms with E-state index >= 15 is 0 Å². The van der Waals surface area contributed by atoms with Gasteiger partial charge in [-0.2, -0.15) is 9.78 Å². The van der Waals surface area contributed by atoms with E-state index in [1.54, 1.807) is 6.20 Å². The van der Waals surface area contributed by atoms with Gasteiger partial charge in [-0.05, 0) is 49.6 Å². The van der Waals surface area contributed by atoms with Gasteiger partial charge >= 0.3 is 6.03 Å². The summed E-state index contributed by atoms with van der Waals surface area (Å²) in [5.41, 5.74) is 3.91. The van der Waals surface area contributed by atoms with Crippen LogP contribution in [-0.2, 0) is 11.3 Å². The summed E-state index contributed by atoms with van der Waals surface area (Å²) >= 11 is 0. The van der Waals surface area contributed by atoms with Crippen LogP contribution >= 0.6 is 0 Å². The summed E-state index contributed by atoms with van der Waals surface area (Å²) in [6.07, 6.45) is 5.81. The van der Waals surface area contributed by atoms with Crippen molar-refractivity contribution in [1.82, 2.24) is 19.6 Å². The average molecular weight is 410 g/mol. The molecule has 1 amide bonds. The number of morpholine rings is 1. The van der Waals surface area contributed by atoms with Gasteiger partial charge in [0.1, 0.15) is 0 Å². The Bertz CT molecular complexity index is 889. The summed E-state index contributed by atoms with van der Waals surface area (Å²) in [5.74, 6) is 0. The first-order valence-electron chi connectivity index (χ1n) is 11.0. The molecule has 3 fully saturated rings. The van der Waals surface area contributed by atoms with Gasteiger partial charge in [-0.1, -0.05) is 12.1 Å². The normalized spacial score (nSPS) is 24.8. The van der Waals surface area contributed by atoms with Crippen LogP contribution in [0.4, 0.5) is 10.5 Å². The molecule has 7 heteroatoms. The molecule has 0 N–H and O–H groups in total. The van der Waals surface area contributed by atoms with Crippen LogP contribution in [0, 0.1) is 12.3 Å².